The Kier molecular flexibility index (Phi) is 5.52. The summed E-state index contributed by atoms with van der Waals surface area (Å²) in [5.41, 5.74) is 2.96. The van der Waals surface area contributed by atoms with Gasteiger partial charge in [0.05, 0.1) is 0 Å². The molecule has 4 heteroatoms. The Hall–Kier alpha value is -3.58. The van der Waals surface area contributed by atoms with Crippen LogP contribution in [-0.4, -0.2) is 0 Å². The van der Waals surface area contributed by atoms with Crippen LogP contribution in [0, 0.1) is 35.6 Å². The van der Waals surface area contributed by atoms with Gasteiger partial charge in [0.15, 0.2) is 17.5 Å². The first-order valence-corrected chi connectivity index (χ1v) is 9.90. The van der Waals surface area contributed by atoms with E-state index in [1.165, 1.54) is 5.56 Å². The Morgan fingerprint density at radius 1 is 0.742 bits per heavy atom. The second-order valence-corrected chi connectivity index (χ2v) is 7.39. The highest BCUT2D eigenvalue weighted by Crippen LogP contribution is 2.35. The van der Waals surface area contributed by atoms with E-state index in [1.807, 2.05) is 18.2 Å². The summed E-state index contributed by atoms with van der Waals surface area (Å²) in [6, 6.07) is 16.5. The lowest BCUT2D eigenvalue weighted by Crippen LogP contribution is -1.97. The van der Waals surface area contributed by atoms with Gasteiger partial charge in [0.25, 0.3) is 0 Å². The van der Waals surface area contributed by atoms with Gasteiger partial charge in [-0.1, -0.05) is 55.7 Å². The summed E-state index contributed by atoms with van der Waals surface area (Å²) in [6.45, 7) is 2.12. The number of benzene rings is 4. The molecule has 0 fully saturated rings. The molecule has 4 rings (SSSR count). The van der Waals surface area contributed by atoms with Gasteiger partial charge in [-0.05, 0) is 58.3 Å². The Morgan fingerprint density at radius 2 is 1.39 bits per heavy atom. The lowest BCUT2D eigenvalue weighted by Gasteiger charge is -2.13. The van der Waals surface area contributed by atoms with Crippen LogP contribution in [0.2, 0.25) is 0 Å². The normalized spacial score (nSPS) is 11.0. The molecular weight excluding hydrogens is 400 g/mol. The summed E-state index contributed by atoms with van der Waals surface area (Å²) in [6.07, 6.45) is 7.64. The van der Waals surface area contributed by atoms with Crippen molar-refractivity contribution >= 4 is 10.8 Å². The number of aryl methyl sites for hydroxylation is 1. The van der Waals surface area contributed by atoms with Crippen LogP contribution in [0.3, 0.4) is 0 Å². The third kappa shape index (κ3) is 3.80. The first-order valence-electron chi connectivity index (χ1n) is 9.90. The highest BCUT2D eigenvalue weighted by atomic mass is 19.2. The molecule has 0 aromatic heterocycles. The lowest BCUT2D eigenvalue weighted by molar-refractivity contribution is 0.447. The fraction of sp³-hybridized carbons (Fsp3) is 0.111. The zero-order valence-corrected chi connectivity index (χ0v) is 16.8. The van der Waals surface area contributed by atoms with Crippen molar-refractivity contribution in [1.82, 2.24) is 0 Å². The quantitative estimate of drug-likeness (QED) is 0.181. The minimum atomic E-state index is -1.61. The molecule has 154 valence electrons. The maximum atomic E-state index is 15.4. The molecule has 4 aromatic rings. The van der Waals surface area contributed by atoms with Crippen molar-refractivity contribution in [2.45, 2.75) is 19.8 Å². The first-order chi connectivity index (χ1) is 14.9. The Balaban J connectivity index is 1.86. The summed E-state index contributed by atoms with van der Waals surface area (Å²) in [4.78, 5) is 0. The molecule has 0 unspecified atom stereocenters. The van der Waals surface area contributed by atoms with Gasteiger partial charge in [-0.25, -0.2) is 17.6 Å². The molecule has 0 aliphatic rings. The van der Waals surface area contributed by atoms with Crippen LogP contribution in [0.5, 0.6) is 0 Å². The number of hydrogen-bond donors (Lipinski definition) is 0. The second kappa shape index (κ2) is 8.28. The largest absolute Gasteiger partial charge is 0.206 e. The highest BCUT2D eigenvalue weighted by molar-refractivity contribution is 5.94. The number of terminal acetylenes is 1. The summed E-state index contributed by atoms with van der Waals surface area (Å²) in [5, 5.41) is 0.817. The van der Waals surface area contributed by atoms with Gasteiger partial charge < -0.3 is 0 Å². The molecule has 4 aromatic carbocycles. The molecule has 0 saturated carbocycles. The van der Waals surface area contributed by atoms with E-state index in [1.54, 1.807) is 18.2 Å². The maximum Gasteiger partial charge on any atom is 0.194 e. The SMILES string of the molecule is C#Cc1cc2cc(-c3ccc(CCC)cc3)ccc2c(F)c1-c1cc(F)c(F)c(F)c1. The van der Waals surface area contributed by atoms with E-state index in [0.717, 1.165) is 36.1 Å². The van der Waals surface area contributed by atoms with Crippen LogP contribution < -0.4 is 0 Å². The van der Waals surface area contributed by atoms with Gasteiger partial charge in [0.1, 0.15) is 5.82 Å². The molecule has 0 nitrogen and oxygen atoms in total. The predicted octanol–water partition coefficient (Wildman–Crippen LogP) is 7.66. The van der Waals surface area contributed by atoms with Crippen molar-refractivity contribution in [3.8, 4) is 34.6 Å². The molecule has 0 heterocycles. The van der Waals surface area contributed by atoms with Gasteiger partial charge in [0.2, 0.25) is 0 Å². The van der Waals surface area contributed by atoms with Crippen molar-refractivity contribution in [3.63, 3.8) is 0 Å². The summed E-state index contributed by atoms with van der Waals surface area (Å²) < 4.78 is 56.2. The number of hydrogen-bond acceptors (Lipinski definition) is 0. The van der Waals surface area contributed by atoms with Crippen molar-refractivity contribution < 1.29 is 17.6 Å². The highest BCUT2D eigenvalue weighted by Gasteiger charge is 2.19. The molecule has 0 aliphatic heterocycles. The zero-order valence-electron chi connectivity index (χ0n) is 16.8. The van der Waals surface area contributed by atoms with Crippen LogP contribution in [0.25, 0.3) is 33.0 Å². The number of halogens is 4. The molecule has 31 heavy (non-hydrogen) atoms. The fourth-order valence-corrected chi connectivity index (χ4v) is 3.79. The first kappa shape index (κ1) is 20.7. The molecule has 0 spiro atoms. The van der Waals surface area contributed by atoms with Crippen LogP contribution >= 0.6 is 0 Å². The molecule has 0 radical (unpaired) electrons. The summed E-state index contributed by atoms with van der Waals surface area (Å²) in [5.74, 6) is -2.74. The Morgan fingerprint density at radius 3 is 2.00 bits per heavy atom. The third-order valence-corrected chi connectivity index (χ3v) is 5.33. The van der Waals surface area contributed by atoms with Crippen LogP contribution in [0.4, 0.5) is 17.6 Å². The van der Waals surface area contributed by atoms with Crippen molar-refractivity contribution in [2.75, 3.05) is 0 Å². The standard InChI is InChI=1S/C27H18F4/c1-3-5-16-6-8-18(9-7-16)19-10-11-22-20(13-19)12-17(4-2)25(26(22)30)21-14-23(28)27(31)24(29)15-21/h2,6-15H,3,5H2,1H3. The molecule has 0 amide bonds. The van der Waals surface area contributed by atoms with Crippen molar-refractivity contribution in [3.05, 3.63) is 95.1 Å². The number of rotatable bonds is 4. The monoisotopic (exact) mass is 418 g/mol. The van der Waals surface area contributed by atoms with E-state index in [9.17, 15) is 13.2 Å². The minimum Gasteiger partial charge on any atom is -0.206 e. The molecule has 0 saturated heterocycles. The van der Waals surface area contributed by atoms with Crippen molar-refractivity contribution in [2.24, 2.45) is 0 Å². The molecular formula is C27H18F4. The van der Waals surface area contributed by atoms with Gasteiger partial charge in [0, 0.05) is 16.5 Å². The van der Waals surface area contributed by atoms with Gasteiger partial charge in [-0.2, -0.15) is 0 Å². The second-order valence-electron chi connectivity index (χ2n) is 7.39. The van der Waals surface area contributed by atoms with E-state index in [-0.39, 0.29) is 22.1 Å². The smallest absolute Gasteiger partial charge is 0.194 e. The van der Waals surface area contributed by atoms with Gasteiger partial charge in [-0.15, -0.1) is 6.42 Å². The molecule has 0 aliphatic carbocycles. The maximum absolute atomic E-state index is 15.4. The predicted molar refractivity (Wildman–Crippen MR) is 117 cm³/mol. The van der Waals surface area contributed by atoms with E-state index in [2.05, 4.69) is 25.0 Å². The van der Waals surface area contributed by atoms with E-state index >= 15 is 4.39 Å². The van der Waals surface area contributed by atoms with Crippen LogP contribution in [0.1, 0.15) is 24.5 Å². The summed E-state index contributed by atoms with van der Waals surface area (Å²) >= 11 is 0. The molecule has 0 N–H and O–H groups in total. The molecule has 0 atom stereocenters. The van der Waals surface area contributed by atoms with E-state index in [4.69, 9.17) is 6.42 Å². The number of fused-ring (bicyclic) bond motifs is 1. The fourth-order valence-electron chi connectivity index (χ4n) is 3.79. The topological polar surface area (TPSA) is 0 Å². The Bertz CT molecular complexity index is 1310. The third-order valence-electron chi connectivity index (χ3n) is 5.33. The summed E-state index contributed by atoms with van der Waals surface area (Å²) in [7, 11) is 0. The lowest BCUT2D eigenvalue weighted by atomic mass is 9.92. The molecule has 0 bridgehead atoms. The minimum absolute atomic E-state index is 0.130. The average molecular weight is 418 g/mol. The van der Waals surface area contributed by atoms with Crippen LogP contribution in [0.15, 0.2) is 60.7 Å². The van der Waals surface area contributed by atoms with Gasteiger partial charge >= 0.3 is 0 Å². The van der Waals surface area contributed by atoms with Crippen molar-refractivity contribution in [1.29, 1.82) is 0 Å². The van der Waals surface area contributed by atoms with E-state index in [0.29, 0.717) is 5.39 Å². The van der Waals surface area contributed by atoms with Gasteiger partial charge in [-0.3, -0.25) is 0 Å². The van der Waals surface area contributed by atoms with E-state index < -0.39 is 23.3 Å². The van der Waals surface area contributed by atoms with Crippen LogP contribution in [-0.2, 0) is 6.42 Å². The Labute approximate surface area is 178 Å². The average Bonchev–Trinajstić information content (AvgIpc) is 2.77. The zero-order chi connectivity index (χ0) is 22.1.